The Labute approximate surface area is 214 Å². The summed E-state index contributed by atoms with van der Waals surface area (Å²) in [4.78, 5) is 0. The van der Waals surface area contributed by atoms with Crippen molar-refractivity contribution in [2.45, 2.75) is 38.6 Å². The average Bonchev–Trinajstić information content (AvgIpc) is 3.76. The second-order valence-electron chi connectivity index (χ2n) is 9.21. The van der Waals surface area contributed by atoms with Crippen LogP contribution >= 0.6 is 0 Å². The molecule has 4 aromatic carbocycles. The Morgan fingerprint density at radius 3 is 2.00 bits per heavy atom. The van der Waals surface area contributed by atoms with Crippen LogP contribution in [-0.2, 0) is 11.3 Å². The van der Waals surface area contributed by atoms with Gasteiger partial charge >= 0.3 is 0 Å². The fourth-order valence-corrected chi connectivity index (χ4v) is 4.34. The smallest absolute Gasteiger partial charge is 0.167 e. The van der Waals surface area contributed by atoms with E-state index in [2.05, 4.69) is 0 Å². The zero-order valence-corrected chi connectivity index (χ0v) is 20.4. The second kappa shape index (κ2) is 10.8. The van der Waals surface area contributed by atoms with Crippen molar-refractivity contribution in [2.75, 3.05) is 6.61 Å². The number of benzene rings is 4. The molecule has 190 valence electrons. The van der Waals surface area contributed by atoms with E-state index in [9.17, 15) is 9.50 Å². The van der Waals surface area contributed by atoms with Crippen molar-refractivity contribution in [3.05, 3.63) is 113 Å². The van der Waals surface area contributed by atoms with Crippen LogP contribution in [0.25, 0.3) is 22.3 Å². The molecule has 1 fully saturated rings. The number of hydrogen-bond donors (Lipinski definition) is 1. The minimum atomic E-state index is -0.932. The third kappa shape index (κ3) is 5.55. The van der Waals surface area contributed by atoms with Crippen molar-refractivity contribution >= 4 is 0 Å². The van der Waals surface area contributed by atoms with Gasteiger partial charge in [0.05, 0.1) is 12.7 Å². The van der Waals surface area contributed by atoms with Gasteiger partial charge in [0, 0.05) is 11.1 Å². The zero-order chi connectivity index (χ0) is 25.9. The molecule has 2 atom stereocenters. The lowest BCUT2D eigenvalue weighted by atomic mass is 9.96. The van der Waals surface area contributed by atoms with Crippen LogP contribution in [0.5, 0.6) is 5.75 Å². The fraction of sp³-hybridized carbons (Fsp3) is 0.226. The first-order valence-corrected chi connectivity index (χ1v) is 12.3. The Hall–Kier alpha value is -3.61. The monoisotopic (exact) mass is 504 g/mol. The quantitative estimate of drug-likeness (QED) is 0.235. The molecule has 3 nitrogen and oxygen atoms in total. The summed E-state index contributed by atoms with van der Waals surface area (Å²) >= 11 is 0. The van der Waals surface area contributed by atoms with Crippen LogP contribution < -0.4 is 4.74 Å². The molecule has 6 heteroatoms. The van der Waals surface area contributed by atoms with E-state index in [1.807, 2.05) is 6.92 Å². The van der Waals surface area contributed by atoms with E-state index >= 15 is 8.78 Å². The molecule has 1 saturated heterocycles. The van der Waals surface area contributed by atoms with Gasteiger partial charge in [0.15, 0.2) is 23.2 Å². The first-order chi connectivity index (χ1) is 17.9. The van der Waals surface area contributed by atoms with E-state index in [-0.39, 0.29) is 29.6 Å². The number of ether oxygens (including phenoxy) is 2. The van der Waals surface area contributed by atoms with Gasteiger partial charge in [-0.25, -0.2) is 13.2 Å². The van der Waals surface area contributed by atoms with Gasteiger partial charge < -0.3 is 14.6 Å². The minimum Gasteiger partial charge on any atom is -0.486 e. The highest BCUT2D eigenvalue weighted by Crippen LogP contribution is 2.34. The van der Waals surface area contributed by atoms with Gasteiger partial charge in [-0.15, -0.1) is 0 Å². The van der Waals surface area contributed by atoms with Crippen molar-refractivity contribution in [3.8, 4) is 28.0 Å². The largest absolute Gasteiger partial charge is 0.486 e. The predicted molar refractivity (Wildman–Crippen MR) is 137 cm³/mol. The molecule has 1 N–H and O–H groups in total. The van der Waals surface area contributed by atoms with Crippen LogP contribution in [0.1, 0.15) is 48.7 Å². The summed E-state index contributed by atoms with van der Waals surface area (Å²) in [6.45, 7) is 2.73. The Bertz CT molecular complexity index is 1380. The maximum Gasteiger partial charge on any atom is 0.167 e. The lowest BCUT2D eigenvalue weighted by Gasteiger charge is -2.12. The van der Waals surface area contributed by atoms with Gasteiger partial charge in [-0.2, -0.15) is 0 Å². The van der Waals surface area contributed by atoms with Crippen molar-refractivity contribution in [1.29, 1.82) is 0 Å². The second-order valence-corrected chi connectivity index (χ2v) is 9.21. The highest BCUT2D eigenvalue weighted by atomic mass is 19.2. The Morgan fingerprint density at radius 1 is 0.865 bits per heavy atom. The number of rotatable bonds is 9. The Morgan fingerprint density at radius 2 is 1.46 bits per heavy atom. The summed E-state index contributed by atoms with van der Waals surface area (Å²) in [5, 5.41) is 10.1. The highest BCUT2D eigenvalue weighted by Gasteiger charge is 2.25. The molecule has 4 aromatic rings. The fourth-order valence-electron chi connectivity index (χ4n) is 4.34. The summed E-state index contributed by atoms with van der Waals surface area (Å²) in [5.41, 5.74) is 3.66. The molecular weight excluding hydrogens is 477 g/mol. The van der Waals surface area contributed by atoms with E-state index in [4.69, 9.17) is 9.47 Å². The van der Waals surface area contributed by atoms with E-state index in [0.29, 0.717) is 24.2 Å². The van der Waals surface area contributed by atoms with Crippen molar-refractivity contribution in [1.82, 2.24) is 0 Å². The lowest BCUT2D eigenvalue weighted by Crippen LogP contribution is -1.99. The molecule has 1 aliphatic heterocycles. The minimum absolute atomic E-state index is 0.0273. The van der Waals surface area contributed by atoms with Crippen LogP contribution in [0.15, 0.2) is 78.9 Å². The molecule has 0 spiro atoms. The van der Waals surface area contributed by atoms with Crippen LogP contribution in [0.3, 0.4) is 0 Å². The molecule has 1 aliphatic rings. The van der Waals surface area contributed by atoms with E-state index in [0.717, 1.165) is 23.1 Å². The van der Waals surface area contributed by atoms with E-state index in [1.165, 1.54) is 6.07 Å². The summed E-state index contributed by atoms with van der Waals surface area (Å²) < 4.78 is 55.1. The molecule has 37 heavy (non-hydrogen) atoms. The lowest BCUT2D eigenvalue weighted by molar-refractivity contribution is 0.166. The first kappa shape index (κ1) is 25.1. The summed E-state index contributed by atoms with van der Waals surface area (Å²) in [5.74, 6) is -2.17. The number of aliphatic hydroxyl groups is 1. The molecule has 0 amide bonds. The van der Waals surface area contributed by atoms with Crippen LogP contribution in [0, 0.1) is 17.5 Å². The van der Waals surface area contributed by atoms with Gasteiger partial charge in [0.25, 0.3) is 0 Å². The van der Waals surface area contributed by atoms with Gasteiger partial charge in [-0.05, 0) is 46.4 Å². The molecule has 0 bridgehead atoms. The molecule has 0 aromatic heterocycles. The standard InChI is InChI=1S/C31H27F3O3/c1-2-3-27(35)22-10-8-21(9-11-22)25-14-13-24(30(33)31(25)34)20-6-4-19(5-7-20)17-36-28-15-12-23(16-26(28)32)29-18-37-29/h4-16,27,29,35H,2-3,17-18H2,1H3. The molecule has 0 saturated carbocycles. The first-order valence-electron chi connectivity index (χ1n) is 12.3. The third-order valence-electron chi connectivity index (χ3n) is 6.57. The number of aliphatic hydroxyl groups excluding tert-OH is 1. The molecule has 2 unspecified atom stereocenters. The molecule has 1 heterocycles. The number of hydrogen-bond acceptors (Lipinski definition) is 3. The maximum atomic E-state index is 15.1. The van der Waals surface area contributed by atoms with Crippen LogP contribution in [0.4, 0.5) is 13.2 Å². The predicted octanol–water partition coefficient (Wildman–Crippen LogP) is 7.92. The molecular formula is C31H27F3O3. The van der Waals surface area contributed by atoms with Crippen LogP contribution in [-0.4, -0.2) is 11.7 Å². The highest BCUT2D eigenvalue weighted by molar-refractivity contribution is 5.72. The van der Waals surface area contributed by atoms with Crippen molar-refractivity contribution in [2.24, 2.45) is 0 Å². The van der Waals surface area contributed by atoms with Gasteiger partial charge in [0.1, 0.15) is 12.7 Å². The normalized spacial score (nSPS) is 15.4. The molecule has 0 radical (unpaired) electrons. The average molecular weight is 505 g/mol. The number of epoxide rings is 1. The SMILES string of the molecule is CCCC(O)c1ccc(-c2ccc(-c3ccc(COc4ccc(C5CO5)cc4F)cc3)c(F)c2F)cc1. The van der Waals surface area contributed by atoms with E-state index in [1.54, 1.807) is 72.8 Å². The number of halogens is 3. The van der Waals surface area contributed by atoms with Crippen molar-refractivity contribution < 1.29 is 27.8 Å². The zero-order valence-electron chi connectivity index (χ0n) is 20.4. The summed E-state index contributed by atoms with van der Waals surface area (Å²) in [7, 11) is 0. The topological polar surface area (TPSA) is 42.0 Å². The van der Waals surface area contributed by atoms with Gasteiger partial charge in [-0.1, -0.05) is 80.1 Å². The van der Waals surface area contributed by atoms with Gasteiger partial charge in [-0.3, -0.25) is 0 Å². The van der Waals surface area contributed by atoms with Crippen molar-refractivity contribution in [3.63, 3.8) is 0 Å². The molecule has 5 rings (SSSR count). The third-order valence-corrected chi connectivity index (χ3v) is 6.57. The summed E-state index contributed by atoms with van der Waals surface area (Å²) in [6.07, 6.45) is 0.891. The van der Waals surface area contributed by atoms with Gasteiger partial charge in [0.2, 0.25) is 0 Å². The maximum absolute atomic E-state index is 15.1. The summed E-state index contributed by atoms with van der Waals surface area (Å²) in [6, 6.07) is 21.6. The van der Waals surface area contributed by atoms with E-state index < -0.39 is 23.6 Å². The Balaban J connectivity index is 1.28. The Kier molecular flexibility index (Phi) is 7.31. The van der Waals surface area contributed by atoms with Crippen LogP contribution in [0.2, 0.25) is 0 Å². The molecule has 0 aliphatic carbocycles.